The number of ether oxygens (including phenoxy) is 1. The average Bonchev–Trinajstić information content (AvgIpc) is 3.06. The monoisotopic (exact) mass is 422 g/mol. The molecule has 154 valence electrons. The van der Waals surface area contributed by atoms with E-state index in [2.05, 4.69) is 4.98 Å². The molecule has 1 aromatic carbocycles. The average molecular weight is 423 g/mol. The first-order chi connectivity index (χ1) is 14.6. The number of carbonyl (C=O) groups excluding carboxylic acids is 2. The minimum atomic E-state index is -0.441. The fourth-order valence-corrected chi connectivity index (χ4v) is 5.20. The molecule has 0 bridgehead atoms. The molecule has 2 aromatic rings. The van der Waals surface area contributed by atoms with Crippen molar-refractivity contribution < 1.29 is 14.3 Å². The molecular formula is C24H23ClN2O3. The standard InChI is InChI=1S/C24H23ClN2O3/c25-17-6-7-19-18(14-17)22(28)20-21(16-8-11-26-12-9-16)27(24(29)23(20)30-19)13-10-15-4-2-1-3-5-15/h1-5,8-9,11-12,17-19,21H,6-7,10,13-14H2. The summed E-state index contributed by atoms with van der Waals surface area (Å²) in [6, 6.07) is 13.3. The van der Waals surface area contributed by atoms with Gasteiger partial charge >= 0.3 is 0 Å². The Balaban J connectivity index is 1.50. The molecule has 4 atom stereocenters. The van der Waals surface area contributed by atoms with Crippen LogP contribution in [-0.2, 0) is 20.7 Å². The quantitative estimate of drug-likeness (QED) is 0.702. The van der Waals surface area contributed by atoms with E-state index in [-0.39, 0.29) is 34.8 Å². The third-order valence-electron chi connectivity index (χ3n) is 6.39. The Kier molecular flexibility index (Phi) is 5.07. The van der Waals surface area contributed by atoms with Gasteiger partial charge in [0.15, 0.2) is 11.5 Å². The summed E-state index contributed by atoms with van der Waals surface area (Å²) in [7, 11) is 0. The van der Waals surface area contributed by atoms with Crippen molar-refractivity contribution in [2.45, 2.75) is 43.2 Å². The lowest BCUT2D eigenvalue weighted by Crippen LogP contribution is -2.41. The van der Waals surface area contributed by atoms with Gasteiger partial charge in [-0.25, -0.2) is 0 Å². The smallest absolute Gasteiger partial charge is 0.290 e. The van der Waals surface area contributed by atoms with Gasteiger partial charge in [-0.15, -0.1) is 11.6 Å². The fourth-order valence-electron chi connectivity index (χ4n) is 4.88. The largest absolute Gasteiger partial charge is 0.483 e. The Labute approximate surface area is 180 Å². The number of hydrogen-bond acceptors (Lipinski definition) is 4. The van der Waals surface area contributed by atoms with E-state index < -0.39 is 6.04 Å². The van der Waals surface area contributed by atoms with Crippen molar-refractivity contribution in [3.05, 3.63) is 77.3 Å². The zero-order valence-corrected chi connectivity index (χ0v) is 17.3. The van der Waals surface area contributed by atoms with Gasteiger partial charge < -0.3 is 9.64 Å². The number of benzene rings is 1. The number of carbonyl (C=O) groups is 2. The molecule has 1 aliphatic carbocycles. The molecule has 5 rings (SSSR count). The van der Waals surface area contributed by atoms with Crippen LogP contribution in [0.15, 0.2) is 66.2 Å². The lowest BCUT2D eigenvalue weighted by atomic mass is 9.77. The fraction of sp³-hybridized carbons (Fsp3) is 0.375. The highest BCUT2D eigenvalue weighted by Crippen LogP contribution is 2.47. The molecule has 2 aliphatic heterocycles. The van der Waals surface area contributed by atoms with Crippen molar-refractivity contribution >= 4 is 23.3 Å². The number of rotatable bonds is 4. The molecule has 4 unspecified atom stereocenters. The second kappa shape index (κ2) is 7.88. The summed E-state index contributed by atoms with van der Waals surface area (Å²) in [6.07, 6.45) is 5.96. The zero-order valence-electron chi connectivity index (χ0n) is 16.5. The van der Waals surface area contributed by atoms with E-state index in [4.69, 9.17) is 16.3 Å². The summed E-state index contributed by atoms with van der Waals surface area (Å²) < 4.78 is 6.17. The number of Topliss-reactive ketones (excluding diaryl/α,β-unsaturated/α-hetero) is 1. The number of aromatic nitrogens is 1. The topological polar surface area (TPSA) is 59.5 Å². The molecule has 1 amide bonds. The lowest BCUT2D eigenvalue weighted by molar-refractivity contribution is -0.135. The molecule has 0 N–H and O–H groups in total. The highest BCUT2D eigenvalue weighted by Gasteiger charge is 2.52. The number of ketones is 1. The summed E-state index contributed by atoms with van der Waals surface area (Å²) in [5.74, 6) is -0.207. The van der Waals surface area contributed by atoms with E-state index >= 15 is 0 Å². The second-order valence-corrected chi connectivity index (χ2v) is 8.81. The maximum atomic E-state index is 13.5. The van der Waals surface area contributed by atoms with Crippen LogP contribution in [-0.4, -0.2) is 39.6 Å². The first kappa shape index (κ1) is 19.3. The molecule has 3 heterocycles. The Bertz CT molecular complexity index is 992. The maximum absolute atomic E-state index is 13.5. The van der Waals surface area contributed by atoms with Gasteiger partial charge in [0.1, 0.15) is 6.10 Å². The van der Waals surface area contributed by atoms with Crippen LogP contribution in [0.5, 0.6) is 0 Å². The zero-order chi connectivity index (χ0) is 20.7. The Morgan fingerprint density at radius 2 is 1.83 bits per heavy atom. The van der Waals surface area contributed by atoms with Crippen molar-refractivity contribution in [1.29, 1.82) is 0 Å². The van der Waals surface area contributed by atoms with Crippen molar-refractivity contribution in [3.8, 4) is 0 Å². The number of pyridine rings is 1. The van der Waals surface area contributed by atoms with Crippen LogP contribution >= 0.6 is 11.6 Å². The van der Waals surface area contributed by atoms with Gasteiger partial charge in [-0.1, -0.05) is 30.3 Å². The molecule has 1 fully saturated rings. The van der Waals surface area contributed by atoms with Crippen LogP contribution in [0.4, 0.5) is 0 Å². The number of nitrogens with zero attached hydrogens (tertiary/aromatic N) is 2. The number of halogens is 1. The number of fused-ring (bicyclic) bond motifs is 1. The Morgan fingerprint density at radius 1 is 1.07 bits per heavy atom. The molecule has 6 heteroatoms. The van der Waals surface area contributed by atoms with Crippen molar-refractivity contribution in [2.75, 3.05) is 6.54 Å². The van der Waals surface area contributed by atoms with Crippen molar-refractivity contribution in [3.63, 3.8) is 0 Å². The molecule has 30 heavy (non-hydrogen) atoms. The van der Waals surface area contributed by atoms with E-state index in [9.17, 15) is 9.59 Å². The van der Waals surface area contributed by atoms with E-state index in [1.807, 2.05) is 42.5 Å². The normalized spacial score (nSPS) is 28.2. The lowest BCUT2D eigenvalue weighted by Gasteiger charge is -2.37. The van der Waals surface area contributed by atoms with Crippen molar-refractivity contribution in [2.24, 2.45) is 5.92 Å². The van der Waals surface area contributed by atoms with Crippen molar-refractivity contribution in [1.82, 2.24) is 9.88 Å². The van der Waals surface area contributed by atoms with Crippen LogP contribution < -0.4 is 0 Å². The van der Waals surface area contributed by atoms with Gasteiger partial charge in [0.05, 0.1) is 17.5 Å². The van der Waals surface area contributed by atoms with Crippen LogP contribution in [0, 0.1) is 5.92 Å². The molecule has 5 nitrogen and oxygen atoms in total. The molecule has 1 aromatic heterocycles. The first-order valence-electron chi connectivity index (χ1n) is 10.5. The molecule has 0 radical (unpaired) electrons. The third kappa shape index (κ3) is 3.31. The summed E-state index contributed by atoms with van der Waals surface area (Å²) in [5.41, 5.74) is 2.52. The second-order valence-electron chi connectivity index (χ2n) is 8.20. The number of alkyl halides is 1. The molecule has 3 aliphatic rings. The molecular weight excluding hydrogens is 400 g/mol. The van der Waals surface area contributed by atoms with Crippen LogP contribution in [0.2, 0.25) is 0 Å². The molecule has 1 saturated carbocycles. The molecule has 0 saturated heterocycles. The molecule has 0 spiro atoms. The van der Waals surface area contributed by atoms with Crippen LogP contribution in [0.1, 0.15) is 36.4 Å². The number of amides is 1. The minimum absolute atomic E-state index is 0.0176. The first-order valence-corrected chi connectivity index (χ1v) is 10.9. The summed E-state index contributed by atoms with van der Waals surface area (Å²) in [6.45, 7) is 0.507. The highest BCUT2D eigenvalue weighted by molar-refractivity contribution is 6.21. The van der Waals surface area contributed by atoms with E-state index in [1.165, 1.54) is 0 Å². The third-order valence-corrected chi connectivity index (χ3v) is 6.78. The van der Waals surface area contributed by atoms with E-state index in [1.54, 1.807) is 17.3 Å². The van der Waals surface area contributed by atoms with Crippen LogP contribution in [0.3, 0.4) is 0 Å². The minimum Gasteiger partial charge on any atom is -0.483 e. The maximum Gasteiger partial charge on any atom is 0.290 e. The number of hydrogen-bond donors (Lipinski definition) is 0. The Morgan fingerprint density at radius 3 is 2.60 bits per heavy atom. The van der Waals surface area contributed by atoms with Gasteiger partial charge in [0.2, 0.25) is 0 Å². The van der Waals surface area contributed by atoms with Crippen LogP contribution in [0.25, 0.3) is 0 Å². The van der Waals surface area contributed by atoms with Gasteiger partial charge in [-0.3, -0.25) is 14.6 Å². The predicted octanol–water partition coefficient (Wildman–Crippen LogP) is 3.84. The highest BCUT2D eigenvalue weighted by atomic mass is 35.5. The summed E-state index contributed by atoms with van der Waals surface area (Å²) in [5, 5.41) is -0.0217. The predicted molar refractivity (Wildman–Crippen MR) is 113 cm³/mol. The Hall–Kier alpha value is -2.66. The van der Waals surface area contributed by atoms with Gasteiger partial charge in [0, 0.05) is 24.3 Å². The van der Waals surface area contributed by atoms with Gasteiger partial charge in [-0.05, 0) is 48.9 Å². The SMILES string of the molecule is O=C1C2=C(OC3CCC(Cl)CC13)C(=O)N(CCc1ccccc1)C2c1ccncc1. The van der Waals surface area contributed by atoms with Gasteiger partial charge in [-0.2, -0.15) is 0 Å². The summed E-state index contributed by atoms with van der Waals surface area (Å²) >= 11 is 6.36. The van der Waals surface area contributed by atoms with E-state index in [0.717, 1.165) is 17.5 Å². The van der Waals surface area contributed by atoms with E-state index in [0.29, 0.717) is 31.4 Å². The summed E-state index contributed by atoms with van der Waals surface area (Å²) in [4.78, 5) is 32.8. The van der Waals surface area contributed by atoms with Gasteiger partial charge in [0.25, 0.3) is 5.91 Å².